The van der Waals surface area contributed by atoms with Gasteiger partial charge in [0.1, 0.15) is 0 Å². The number of carbonyl (C=O) groups is 2. The van der Waals surface area contributed by atoms with Gasteiger partial charge in [0.15, 0.2) is 11.5 Å². The second-order valence-corrected chi connectivity index (χ2v) is 8.06. The van der Waals surface area contributed by atoms with Crippen molar-refractivity contribution in [2.45, 2.75) is 43.5 Å². The number of amides is 1. The number of sulfonamides is 1. The molecule has 2 heterocycles. The molecule has 7 nitrogen and oxygen atoms in total. The van der Waals surface area contributed by atoms with Crippen LogP contribution in [0.5, 0.6) is 0 Å². The maximum Gasteiger partial charge on any atom is 0.285 e. The number of rotatable bonds is 3. The number of hydrogen-bond acceptors (Lipinski definition) is 5. The molecule has 2 aliphatic rings. The Hall–Kier alpha value is -2.48. The molecule has 1 aromatic carbocycles. The van der Waals surface area contributed by atoms with Crippen molar-refractivity contribution in [1.29, 1.82) is 0 Å². The summed E-state index contributed by atoms with van der Waals surface area (Å²) in [6.45, 7) is 0.738. The Morgan fingerprint density at radius 3 is 2.76 bits per heavy atom. The molecular formula is C17H17N3O4S. The number of ketones is 1. The highest BCUT2D eigenvalue weighted by atomic mass is 32.2. The Morgan fingerprint density at radius 1 is 1.12 bits per heavy atom. The molecular weight excluding hydrogens is 342 g/mol. The van der Waals surface area contributed by atoms with Crippen LogP contribution in [0.15, 0.2) is 29.2 Å². The second kappa shape index (κ2) is 5.80. The normalized spacial score (nSPS) is 16.4. The molecule has 0 saturated carbocycles. The summed E-state index contributed by atoms with van der Waals surface area (Å²) in [6, 6.07) is 6.06. The first-order valence-corrected chi connectivity index (χ1v) is 9.72. The van der Waals surface area contributed by atoms with E-state index in [0.717, 1.165) is 43.5 Å². The van der Waals surface area contributed by atoms with E-state index < -0.39 is 15.9 Å². The molecule has 25 heavy (non-hydrogen) atoms. The average Bonchev–Trinajstić information content (AvgIpc) is 3.16. The van der Waals surface area contributed by atoms with Crippen LogP contribution in [0, 0.1) is 0 Å². The van der Waals surface area contributed by atoms with Gasteiger partial charge in [0.25, 0.3) is 15.9 Å². The molecule has 0 saturated heterocycles. The zero-order chi connectivity index (χ0) is 17.6. The van der Waals surface area contributed by atoms with Gasteiger partial charge in [-0.2, -0.15) is 5.10 Å². The lowest BCUT2D eigenvalue weighted by molar-refractivity contribution is 0.0966. The number of nitrogens with zero attached hydrogens (tertiary/aromatic N) is 2. The molecule has 1 N–H and O–H groups in total. The van der Waals surface area contributed by atoms with Crippen LogP contribution in [0.25, 0.3) is 0 Å². The topological polar surface area (TPSA) is 98.1 Å². The van der Waals surface area contributed by atoms with E-state index in [9.17, 15) is 18.0 Å². The fourth-order valence-corrected chi connectivity index (χ4v) is 4.37. The molecule has 1 aliphatic carbocycles. The Kier molecular flexibility index (Phi) is 3.72. The van der Waals surface area contributed by atoms with Gasteiger partial charge in [0.2, 0.25) is 0 Å². The molecule has 130 valence electrons. The molecule has 1 aromatic heterocycles. The number of fused-ring (bicyclic) bond motifs is 2. The van der Waals surface area contributed by atoms with Crippen molar-refractivity contribution >= 4 is 21.7 Å². The van der Waals surface area contributed by atoms with Gasteiger partial charge in [-0.1, -0.05) is 6.07 Å². The monoisotopic (exact) mass is 359 g/mol. The van der Waals surface area contributed by atoms with Crippen LogP contribution in [-0.2, 0) is 29.4 Å². The SMILES string of the molecule is O=C(NS(=O)(=O)c1ccc2c(c1)C(=O)CCC2)c1cc2n(n1)CCC2. The molecule has 0 radical (unpaired) electrons. The van der Waals surface area contributed by atoms with Gasteiger partial charge in [-0.3, -0.25) is 14.3 Å². The Bertz CT molecular complexity index is 970. The van der Waals surface area contributed by atoms with Crippen LogP contribution in [0.2, 0.25) is 0 Å². The standard InChI is InChI=1S/C17H17N3O4S/c21-16-5-1-3-11-6-7-13(10-14(11)16)25(23,24)19-17(22)15-9-12-4-2-8-20(12)18-15/h6-7,9-10H,1-5,8H2,(H,19,22). The number of Topliss-reactive ketones (excluding diaryl/α,β-unsaturated/α-hetero) is 1. The summed E-state index contributed by atoms with van der Waals surface area (Å²) in [5.74, 6) is -0.818. The van der Waals surface area contributed by atoms with Crippen LogP contribution >= 0.6 is 0 Å². The van der Waals surface area contributed by atoms with Crippen molar-refractivity contribution in [2.75, 3.05) is 0 Å². The molecule has 1 aliphatic heterocycles. The molecule has 4 rings (SSSR count). The molecule has 0 spiro atoms. The van der Waals surface area contributed by atoms with Crippen molar-refractivity contribution in [3.63, 3.8) is 0 Å². The van der Waals surface area contributed by atoms with Crippen LogP contribution in [0.3, 0.4) is 0 Å². The van der Waals surface area contributed by atoms with E-state index in [-0.39, 0.29) is 16.4 Å². The van der Waals surface area contributed by atoms with E-state index in [0.29, 0.717) is 12.0 Å². The highest BCUT2D eigenvalue weighted by Gasteiger charge is 2.25. The molecule has 1 amide bonds. The van der Waals surface area contributed by atoms with Gasteiger partial charge in [-0.25, -0.2) is 13.1 Å². The Morgan fingerprint density at radius 2 is 1.96 bits per heavy atom. The van der Waals surface area contributed by atoms with Crippen molar-refractivity contribution < 1.29 is 18.0 Å². The third-order valence-electron chi connectivity index (χ3n) is 4.67. The van der Waals surface area contributed by atoms with Crippen LogP contribution in [0.1, 0.15) is 51.4 Å². The van der Waals surface area contributed by atoms with Gasteiger partial charge < -0.3 is 0 Å². The predicted molar refractivity (Wildman–Crippen MR) is 88.9 cm³/mol. The lowest BCUT2D eigenvalue weighted by atomic mass is 9.91. The molecule has 0 unspecified atom stereocenters. The van der Waals surface area contributed by atoms with E-state index in [2.05, 4.69) is 5.10 Å². The van der Waals surface area contributed by atoms with Crippen LogP contribution in [0.4, 0.5) is 0 Å². The summed E-state index contributed by atoms with van der Waals surface area (Å²) in [6.07, 6.45) is 3.77. The lowest BCUT2D eigenvalue weighted by Crippen LogP contribution is -2.31. The van der Waals surface area contributed by atoms with Crippen LogP contribution in [-0.4, -0.2) is 29.9 Å². The number of nitrogens with one attached hydrogen (secondary N) is 1. The summed E-state index contributed by atoms with van der Waals surface area (Å²) in [4.78, 5) is 24.2. The predicted octanol–water partition coefficient (Wildman–Crippen LogP) is 1.47. The van der Waals surface area contributed by atoms with Crippen molar-refractivity contribution in [1.82, 2.24) is 14.5 Å². The fraction of sp³-hybridized carbons (Fsp3) is 0.353. The highest BCUT2D eigenvalue weighted by molar-refractivity contribution is 7.90. The van der Waals surface area contributed by atoms with Gasteiger partial charge in [-0.05, 0) is 49.4 Å². The third kappa shape index (κ3) is 2.86. The van der Waals surface area contributed by atoms with Gasteiger partial charge >= 0.3 is 0 Å². The van der Waals surface area contributed by atoms with Crippen molar-refractivity contribution in [3.05, 3.63) is 46.8 Å². The van der Waals surface area contributed by atoms with Crippen molar-refractivity contribution in [3.8, 4) is 0 Å². The van der Waals surface area contributed by atoms with E-state index in [4.69, 9.17) is 0 Å². The zero-order valence-electron chi connectivity index (χ0n) is 13.5. The number of carbonyl (C=O) groups excluding carboxylic acids is 2. The fourth-order valence-electron chi connectivity index (χ4n) is 3.38. The van der Waals surface area contributed by atoms with Crippen molar-refractivity contribution in [2.24, 2.45) is 0 Å². The number of benzene rings is 1. The summed E-state index contributed by atoms with van der Waals surface area (Å²) in [5.41, 5.74) is 2.31. The third-order valence-corrected chi connectivity index (χ3v) is 6.00. The minimum atomic E-state index is -4.06. The molecule has 0 bridgehead atoms. The first-order valence-electron chi connectivity index (χ1n) is 8.24. The first kappa shape index (κ1) is 16.0. The number of aromatic nitrogens is 2. The number of hydrogen-bond donors (Lipinski definition) is 1. The van der Waals surface area contributed by atoms with Gasteiger partial charge in [-0.15, -0.1) is 0 Å². The maximum atomic E-state index is 12.5. The van der Waals surface area contributed by atoms with E-state index in [1.165, 1.54) is 12.1 Å². The summed E-state index contributed by atoms with van der Waals surface area (Å²) in [5, 5.41) is 4.14. The molecule has 0 fully saturated rings. The number of aryl methyl sites for hydroxylation is 3. The maximum absolute atomic E-state index is 12.5. The first-order chi connectivity index (χ1) is 11.9. The minimum absolute atomic E-state index is 0.0600. The molecule has 0 atom stereocenters. The Balaban J connectivity index is 1.60. The minimum Gasteiger partial charge on any atom is -0.294 e. The highest BCUT2D eigenvalue weighted by Crippen LogP contribution is 2.24. The summed E-state index contributed by atoms with van der Waals surface area (Å²) in [7, 11) is -4.06. The molecule has 8 heteroatoms. The molecule has 2 aromatic rings. The van der Waals surface area contributed by atoms with E-state index >= 15 is 0 Å². The zero-order valence-corrected chi connectivity index (χ0v) is 14.3. The average molecular weight is 359 g/mol. The summed E-state index contributed by atoms with van der Waals surface area (Å²) >= 11 is 0. The quantitative estimate of drug-likeness (QED) is 0.895. The summed E-state index contributed by atoms with van der Waals surface area (Å²) < 4.78 is 28.8. The van der Waals surface area contributed by atoms with E-state index in [1.54, 1.807) is 16.8 Å². The Labute approximate surface area is 145 Å². The second-order valence-electron chi connectivity index (χ2n) is 6.38. The smallest absolute Gasteiger partial charge is 0.285 e. The van der Waals surface area contributed by atoms with Gasteiger partial charge in [0, 0.05) is 24.2 Å². The van der Waals surface area contributed by atoms with E-state index in [1.807, 2.05) is 4.72 Å². The lowest BCUT2D eigenvalue weighted by Gasteiger charge is -2.15. The van der Waals surface area contributed by atoms with Gasteiger partial charge in [0.05, 0.1) is 4.90 Å². The van der Waals surface area contributed by atoms with Crippen LogP contribution < -0.4 is 4.72 Å². The largest absolute Gasteiger partial charge is 0.294 e.